The molecule has 0 aromatic heterocycles. The van der Waals surface area contributed by atoms with Crippen LogP contribution in [0.25, 0.3) is 0 Å². The fourth-order valence-corrected chi connectivity index (χ4v) is 1.37. The summed E-state index contributed by atoms with van der Waals surface area (Å²) < 4.78 is 41.9. The van der Waals surface area contributed by atoms with Crippen LogP contribution in [0, 0.1) is 0 Å². The van der Waals surface area contributed by atoms with Gasteiger partial charge in [0.1, 0.15) is 6.61 Å². The average molecular weight is 258 g/mol. The number of halogens is 3. The van der Waals surface area contributed by atoms with Gasteiger partial charge in [-0.1, -0.05) is 6.07 Å². The molecule has 2 N–H and O–H groups in total. The summed E-state index contributed by atoms with van der Waals surface area (Å²) in [5.41, 5.74) is 5.12. The van der Waals surface area contributed by atoms with E-state index in [-0.39, 0.29) is 12.3 Å². The smallest absolute Gasteiger partial charge is 0.416 e. The van der Waals surface area contributed by atoms with Crippen LogP contribution in [0.3, 0.4) is 0 Å². The van der Waals surface area contributed by atoms with Gasteiger partial charge in [-0.15, -0.1) is 0 Å². The lowest BCUT2D eigenvalue weighted by atomic mass is 10.2. The molecule has 0 saturated heterocycles. The van der Waals surface area contributed by atoms with E-state index in [9.17, 15) is 18.0 Å². The molecule has 0 unspecified atom stereocenters. The van der Waals surface area contributed by atoms with E-state index in [2.05, 4.69) is 15.6 Å². The number of carbonyl (C=O) groups is 1. The van der Waals surface area contributed by atoms with Gasteiger partial charge in [-0.3, -0.25) is 0 Å². The van der Waals surface area contributed by atoms with Gasteiger partial charge in [0, 0.05) is 6.08 Å². The van der Waals surface area contributed by atoms with E-state index in [0.29, 0.717) is 5.70 Å². The molecule has 0 saturated carbocycles. The maximum Gasteiger partial charge on any atom is 0.416 e. The van der Waals surface area contributed by atoms with Crippen molar-refractivity contribution in [3.05, 3.63) is 41.6 Å². The van der Waals surface area contributed by atoms with Crippen LogP contribution in [0.5, 0.6) is 0 Å². The largest absolute Gasteiger partial charge is 0.456 e. The summed E-state index contributed by atoms with van der Waals surface area (Å²) in [7, 11) is 0. The van der Waals surface area contributed by atoms with E-state index in [1.807, 2.05) is 0 Å². The molecule has 1 heterocycles. The standard InChI is InChI=1S/C11H9F3N2O2/c12-11(13,14)7-2-1-3-8(4-7)15-16-9-5-10(17)18-6-9/h1-5,15-16H,6H2. The highest BCUT2D eigenvalue weighted by Gasteiger charge is 2.30. The number of benzene rings is 1. The van der Waals surface area contributed by atoms with E-state index in [0.717, 1.165) is 12.1 Å². The van der Waals surface area contributed by atoms with Gasteiger partial charge in [0.25, 0.3) is 0 Å². The normalized spacial score (nSPS) is 15.1. The van der Waals surface area contributed by atoms with E-state index >= 15 is 0 Å². The molecule has 1 aromatic carbocycles. The molecule has 0 spiro atoms. The van der Waals surface area contributed by atoms with Gasteiger partial charge < -0.3 is 15.6 Å². The summed E-state index contributed by atoms with van der Waals surface area (Å²) in [4.78, 5) is 10.7. The summed E-state index contributed by atoms with van der Waals surface area (Å²) >= 11 is 0. The summed E-state index contributed by atoms with van der Waals surface area (Å²) in [6.45, 7) is 0.0742. The predicted octanol–water partition coefficient (Wildman–Crippen LogP) is 2.06. The van der Waals surface area contributed by atoms with Crippen molar-refractivity contribution in [1.82, 2.24) is 5.43 Å². The second-order valence-electron chi connectivity index (χ2n) is 3.61. The van der Waals surface area contributed by atoms with E-state index < -0.39 is 17.7 Å². The SMILES string of the molecule is O=C1C=C(NNc2cccc(C(F)(F)F)c2)CO1. The van der Waals surface area contributed by atoms with Gasteiger partial charge in [0.15, 0.2) is 0 Å². The molecule has 4 nitrogen and oxygen atoms in total. The van der Waals surface area contributed by atoms with Gasteiger partial charge in [-0.2, -0.15) is 13.2 Å². The lowest BCUT2D eigenvalue weighted by molar-refractivity contribution is -0.137. The summed E-state index contributed by atoms with van der Waals surface area (Å²) in [5, 5.41) is 0. The molecule has 0 fully saturated rings. The first kappa shape index (κ1) is 12.3. The Bertz CT molecular complexity index is 497. The Hall–Kier alpha value is -2.18. The van der Waals surface area contributed by atoms with E-state index in [1.54, 1.807) is 0 Å². The summed E-state index contributed by atoms with van der Waals surface area (Å²) in [5.74, 6) is -0.483. The van der Waals surface area contributed by atoms with Crippen molar-refractivity contribution < 1.29 is 22.7 Å². The zero-order valence-electron chi connectivity index (χ0n) is 9.04. The molecular weight excluding hydrogens is 249 g/mol. The molecule has 0 atom stereocenters. The topological polar surface area (TPSA) is 50.4 Å². The molecular formula is C11H9F3N2O2. The van der Waals surface area contributed by atoms with Gasteiger partial charge in [0.2, 0.25) is 0 Å². The number of ether oxygens (including phenoxy) is 1. The molecule has 18 heavy (non-hydrogen) atoms. The zero-order valence-corrected chi connectivity index (χ0v) is 9.04. The maximum atomic E-state index is 12.4. The molecule has 0 radical (unpaired) electrons. The van der Waals surface area contributed by atoms with Crippen molar-refractivity contribution in [3.63, 3.8) is 0 Å². The second-order valence-corrected chi connectivity index (χ2v) is 3.61. The van der Waals surface area contributed by atoms with Gasteiger partial charge in [-0.25, -0.2) is 4.79 Å². The Morgan fingerprint density at radius 1 is 1.22 bits per heavy atom. The molecule has 0 bridgehead atoms. The third kappa shape index (κ3) is 2.93. The van der Waals surface area contributed by atoms with Crippen LogP contribution in [0.1, 0.15) is 5.56 Å². The highest BCUT2D eigenvalue weighted by molar-refractivity contribution is 5.85. The van der Waals surface area contributed by atoms with Crippen LogP contribution < -0.4 is 10.9 Å². The van der Waals surface area contributed by atoms with Crippen LogP contribution in [0.2, 0.25) is 0 Å². The zero-order chi connectivity index (χ0) is 13.2. The molecule has 1 aromatic rings. The minimum atomic E-state index is -4.39. The number of hydrogen-bond acceptors (Lipinski definition) is 4. The predicted molar refractivity (Wildman–Crippen MR) is 57.2 cm³/mol. The van der Waals surface area contributed by atoms with E-state index in [1.165, 1.54) is 18.2 Å². The van der Waals surface area contributed by atoms with Crippen LogP contribution in [0.4, 0.5) is 18.9 Å². The maximum absolute atomic E-state index is 12.4. The van der Waals surface area contributed by atoms with Crippen molar-refractivity contribution in [2.45, 2.75) is 6.18 Å². The van der Waals surface area contributed by atoms with Crippen LogP contribution in [-0.2, 0) is 15.7 Å². The fraction of sp³-hybridized carbons (Fsp3) is 0.182. The molecule has 0 amide bonds. The minimum absolute atomic E-state index is 0.0742. The van der Waals surface area contributed by atoms with Gasteiger partial charge in [0.05, 0.1) is 16.9 Å². The Kier molecular flexibility index (Phi) is 3.14. The fourth-order valence-electron chi connectivity index (χ4n) is 1.37. The van der Waals surface area contributed by atoms with E-state index in [4.69, 9.17) is 0 Å². The lowest BCUT2D eigenvalue weighted by Gasteiger charge is -2.12. The Labute approximate surface area is 100 Å². The molecule has 0 aliphatic carbocycles. The first-order valence-electron chi connectivity index (χ1n) is 5.02. The first-order chi connectivity index (χ1) is 8.45. The van der Waals surface area contributed by atoms with Gasteiger partial charge in [-0.05, 0) is 18.2 Å². The first-order valence-corrected chi connectivity index (χ1v) is 5.02. The number of hydrazine groups is 1. The minimum Gasteiger partial charge on any atom is -0.456 e. The van der Waals surface area contributed by atoms with Crippen LogP contribution >= 0.6 is 0 Å². The third-order valence-electron chi connectivity index (χ3n) is 2.22. The Morgan fingerprint density at radius 3 is 2.61 bits per heavy atom. The van der Waals surface area contributed by atoms with Crippen LogP contribution in [-0.4, -0.2) is 12.6 Å². The van der Waals surface area contributed by atoms with Crippen molar-refractivity contribution >= 4 is 11.7 Å². The molecule has 1 aliphatic heterocycles. The number of alkyl halides is 3. The lowest BCUT2D eigenvalue weighted by Crippen LogP contribution is -2.22. The molecule has 1 aliphatic rings. The number of cyclic esters (lactones) is 1. The van der Waals surface area contributed by atoms with Crippen molar-refractivity contribution in [3.8, 4) is 0 Å². The molecule has 96 valence electrons. The molecule has 7 heteroatoms. The number of anilines is 1. The Morgan fingerprint density at radius 2 is 2.00 bits per heavy atom. The third-order valence-corrected chi connectivity index (χ3v) is 2.22. The van der Waals surface area contributed by atoms with Crippen LogP contribution in [0.15, 0.2) is 36.0 Å². The number of hydrogen-bond donors (Lipinski definition) is 2. The monoisotopic (exact) mass is 258 g/mol. The van der Waals surface area contributed by atoms with Crippen molar-refractivity contribution in [2.75, 3.05) is 12.0 Å². The summed E-state index contributed by atoms with van der Waals surface area (Å²) in [6, 6.07) is 4.70. The average Bonchev–Trinajstić information content (AvgIpc) is 2.72. The number of rotatable bonds is 3. The Balaban J connectivity index is 2.02. The second kappa shape index (κ2) is 4.59. The molecule has 2 rings (SSSR count). The highest BCUT2D eigenvalue weighted by Crippen LogP contribution is 2.30. The quantitative estimate of drug-likeness (QED) is 0.643. The number of nitrogens with one attached hydrogen (secondary N) is 2. The number of carbonyl (C=O) groups excluding carboxylic acids is 1. The number of esters is 1. The van der Waals surface area contributed by atoms with Gasteiger partial charge >= 0.3 is 12.1 Å². The van der Waals surface area contributed by atoms with Crippen molar-refractivity contribution in [1.29, 1.82) is 0 Å². The van der Waals surface area contributed by atoms with Crippen molar-refractivity contribution in [2.24, 2.45) is 0 Å². The summed E-state index contributed by atoms with van der Waals surface area (Å²) in [6.07, 6.45) is -3.16. The highest BCUT2D eigenvalue weighted by atomic mass is 19.4.